The number of carbonyl (C=O) groups is 2. The Morgan fingerprint density at radius 3 is 1.93 bits per heavy atom. The van der Waals surface area contributed by atoms with Crippen LogP contribution in [0.4, 0.5) is 5.69 Å². The predicted molar refractivity (Wildman–Crippen MR) is 113 cm³/mol. The van der Waals surface area contributed by atoms with Gasteiger partial charge in [0.25, 0.3) is 5.91 Å². The number of ketones is 1. The lowest BCUT2D eigenvalue weighted by molar-refractivity contribution is 0.0746. The molecule has 1 aliphatic heterocycles. The Bertz CT molecular complexity index is 1010. The summed E-state index contributed by atoms with van der Waals surface area (Å²) in [5.41, 5.74) is 4.49. The number of aromatic nitrogens is 2. The van der Waals surface area contributed by atoms with Gasteiger partial charge in [0, 0.05) is 54.9 Å². The van der Waals surface area contributed by atoms with Crippen LogP contribution in [0.1, 0.15) is 33.3 Å². The van der Waals surface area contributed by atoms with E-state index in [1.165, 1.54) is 0 Å². The summed E-state index contributed by atoms with van der Waals surface area (Å²) in [5.74, 6) is 0.126. The maximum atomic E-state index is 12.9. The average molecular weight is 388 g/mol. The average Bonchev–Trinajstić information content (AvgIpc) is 3.19. The van der Waals surface area contributed by atoms with Gasteiger partial charge in [-0.15, -0.1) is 0 Å². The molecule has 2 aromatic carbocycles. The van der Waals surface area contributed by atoms with Crippen molar-refractivity contribution in [3.05, 3.63) is 77.6 Å². The van der Waals surface area contributed by atoms with Crippen LogP contribution in [0.15, 0.2) is 60.8 Å². The molecule has 0 saturated carbocycles. The van der Waals surface area contributed by atoms with Crippen molar-refractivity contribution in [3.8, 4) is 5.69 Å². The number of Topliss-reactive ketones (excluding diaryl/α,β-unsaturated/α-hetero) is 1. The quantitative estimate of drug-likeness (QED) is 0.643. The van der Waals surface area contributed by atoms with Gasteiger partial charge in [0.05, 0.1) is 5.69 Å². The third-order valence-electron chi connectivity index (χ3n) is 5.40. The summed E-state index contributed by atoms with van der Waals surface area (Å²) >= 11 is 0. The second-order valence-electron chi connectivity index (χ2n) is 7.31. The van der Waals surface area contributed by atoms with Crippen LogP contribution >= 0.6 is 0 Å². The van der Waals surface area contributed by atoms with Crippen molar-refractivity contribution in [3.63, 3.8) is 0 Å². The van der Waals surface area contributed by atoms with Gasteiger partial charge in [-0.3, -0.25) is 9.59 Å². The van der Waals surface area contributed by atoms with Crippen LogP contribution in [0.2, 0.25) is 0 Å². The number of hydrogen-bond donors (Lipinski definition) is 0. The molecular weight excluding hydrogens is 364 g/mol. The molecule has 0 aliphatic carbocycles. The van der Waals surface area contributed by atoms with Gasteiger partial charge in [0.15, 0.2) is 5.78 Å². The molecule has 0 spiro atoms. The van der Waals surface area contributed by atoms with Gasteiger partial charge >= 0.3 is 0 Å². The normalized spacial score (nSPS) is 14.1. The van der Waals surface area contributed by atoms with E-state index in [0.717, 1.165) is 35.7 Å². The van der Waals surface area contributed by atoms with Gasteiger partial charge < -0.3 is 9.80 Å². The molecular formula is C23H24N4O2. The number of nitrogens with zero attached hydrogens (tertiary/aromatic N) is 4. The van der Waals surface area contributed by atoms with E-state index in [1.54, 1.807) is 13.1 Å². The fourth-order valence-electron chi connectivity index (χ4n) is 3.64. The lowest BCUT2D eigenvalue weighted by Gasteiger charge is -2.36. The largest absolute Gasteiger partial charge is 0.368 e. The minimum Gasteiger partial charge on any atom is -0.368 e. The molecule has 4 rings (SSSR count). The molecule has 148 valence electrons. The SMILES string of the molecule is CC(=O)c1ccc(N2CCN(C(=O)c3ccc(-n4nccc4C)cc3)CC2)cc1. The fourth-order valence-corrected chi connectivity index (χ4v) is 3.64. The molecule has 1 saturated heterocycles. The van der Waals surface area contributed by atoms with Crippen molar-refractivity contribution >= 4 is 17.4 Å². The number of aryl methyl sites for hydroxylation is 1. The summed E-state index contributed by atoms with van der Waals surface area (Å²) in [6.45, 7) is 6.47. The van der Waals surface area contributed by atoms with Gasteiger partial charge in [-0.1, -0.05) is 0 Å². The van der Waals surface area contributed by atoms with E-state index >= 15 is 0 Å². The summed E-state index contributed by atoms with van der Waals surface area (Å²) < 4.78 is 1.85. The van der Waals surface area contributed by atoms with E-state index < -0.39 is 0 Å². The van der Waals surface area contributed by atoms with Gasteiger partial charge in [0.2, 0.25) is 0 Å². The van der Waals surface area contributed by atoms with Crippen LogP contribution < -0.4 is 4.90 Å². The number of carbonyl (C=O) groups excluding carboxylic acids is 2. The van der Waals surface area contributed by atoms with Crippen LogP contribution in [-0.2, 0) is 0 Å². The van der Waals surface area contributed by atoms with Crippen LogP contribution in [0, 0.1) is 6.92 Å². The molecule has 6 nitrogen and oxygen atoms in total. The van der Waals surface area contributed by atoms with Crippen LogP contribution in [0.3, 0.4) is 0 Å². The lowest BCUT2D eigenvalue weighted by atomic mass is 10.1. The van der Waals surface area contributed by atoms with Crippen molar-refractivity contribution in [2.24, 2.45) is 0 Å². The maximum absolute atomic E-state index is 12.9. The first-order valence-corrected chi connectivity index (χ1v) is 9.79. The van der Waals surface area contributed by atoms with E-state index in [0.29, 0.717) is 18.7 Å². The number of anilines is 1. The number of amides is 1. The van der Waals surface area contributed by atoms with E-state index in [2.05, 4.69) is 10.00 Å². The molecule has 0 bridgehead atoms. The zero-order valence-electron chi connectivity index (χ0n) is 16.7. The van der Waals surface area contributed by atoms with Crippen molar-refractivity contribution in [2.45, 2.75) is 13.8 Å². The van der Waals surface area contributed by atoms with Crippen molar-refractivity contribution in [1.82, 2.24) is 14.7 Å². The molecule has 29 heavy (non-hydrogen) atoms. The zero-order valence-corrected chi connectivity index (χ0v) is 16.7. The van der Waals surface area contributed by atoms with Crippen molar-refractivity contribution in [1.29, 1.82) is 0 Å². The van der Waals surface area contributed by atoms with E-state index in [4.69, 9.17) is 0 Å². The standard InChI is InChI=1S/C23H24N4O2/c1-17-11-12-24-27(17)22-9-5-20(6-10-22)23(29)26-15-13-25(14-16-26)21-7-3-19(4-8-21)18(2)28/h3-12H,13-16H2,1-2H3. The summed E-state index contributed by atoms with van der Waals surface area (Å²) in [6, 6.07) is 17.2. The predicted octanol–water partition coefficient (Wildman–Crippen LogP) is 3.35. The summed E-state index contributed by atoms with van der Waals surface area (Å²) in [5, 5.41) is 4.30. The van der Waals surface area contributed by atoms with Gasteiger partial charge in [-0.25, -0.2) is 4.68 Å². The minimum absolute atomic E-state index is 0.0558. The first kappa shape index (κ1) is 18.9. The van der Waals surface area contributed by atoms with Gasteiger partial charge in [-0.05, 0) is 68.4 Å². The number of rotatable bonds is 4. The molecule has 1 amide bonds. The Kier molecular flexibility index (Phi) is 5.16. The first-order valence-electron chi connectivity index (χ1n) is 9.79. The molecule has 2 heterocycles. The molecule has 0 unspecified atom stereocenters. The smallest absolute Gasteiger partial charge is 0.253 e. The highest BCUT2D eigenvalue weighted by Crippen LogP contribution is 2.19. The Morgan fingerprint density at radius 2 is 1.38 bits per heavy atom. The van der Waals surface area contributed by atoms with Crippen LogP contribution in [-0.4, -0.2) is 52.5 Å². The van der Waals surface area contributed by atoms with E-state index in [9.17, 15) is 9.59 Å². The third kappa shape index (κ3) is 3.92. The fraction of sp³-hybridized carbons (Fsp3) is 0.261. The molecule has 1 aliphatic rings. The zero-order chi connectivity index (χ0) is 20.4. The van der Waals surface area contributed by atoms with Crippen LogP contribution in [0.25, 0.3) is 5.69 Å². The number of benzene rings is 2. The molecule has 1 fully saturated rings. The molecule has 0 radical (unpaired) electrons. The minimum atomic E-state index is 0.0558. The van der Waals surface area contributed by atoms with E-state index in [-0.39, 0.29) is 11.7 Å². The summed E-state index contributed by atoms with van der Waals surface area (Å²) in [7, 11) is 0. The van der Waals surface area contributed by atoms with Crippen LogP contribution in [0.5, 0.6) is 0 Å². The molecule has 6 heteroatoms. The highest BCUT2D eigenvalue weighted by atomic mass is 16.2. The van der Waals surface area contributed by atoms with E-state index in [1.807, 2.05) is 71.1 Å². The highest BCUT2D eigenvalue weighted by Gasteiger charge is 2.22. The Labute approximate surface area is 170 Å². The maximum Gasteiger partial charge on any atom is 0.253 e. The molecule has 1 aromatic heterocycles. The highest BCUT2D eigenvalue weighted by molar-refractivity contribution is 5.95. The molecule has 0 N–H and O–H groups in total. The number of piperazine rings is 1. The topological polar surface area (TPSA) is 58.4 Å². The Balaban J connectivity index is 1.38. The van der Waals surface area contributed by atoms with Crippen molar-refractivity contribution in [2.75, 3.05) is 31.1 Å². The summed E-state index contributed by atoms with van der Waals surface area (Å²) in [6.07, 6.45) is 1.77. The number of hydrogen-bond acceptors (Lipinski definition) is 4. The molecule has 0 atom stereocenters. The van der Waals surface area contributed by atoms with Crippen molar-refractivity contribution < 1.29 is 9.59 Å². The van der Waals surface area contributed by atoms with Gasteiger partial charge in [0.1, 0.15) is 0 Å². The Hall–Kier alpha value is -3.41. The van der Waals surface area contributed by atoms with Gasteiger partial charge in [-0.2, -0.15) is 5.10 Å². The Morgan fingerprint density at radius 1 is 0.793 bits per heavy atom. The molecule has 3 aromatic rings. The third-order valence-corrected chi connectivity index (χ3v) is 5.40. The second kappa shape index (κ2) is 7.91. The summed E-state index contributed by atoms with van der Waals surface area (Å²) in [4.78, 5) is 28.4. The first-order chi connectivity index (χ1) is 14.0. The lowest BCUT2D eigenvalue weighted by Crippen LogP contribution is -2.48. The second-order valence-corrected chi connectivity index (χ2v) is 7.31. The monoisotopic (exact) mass is 388 g/mol.